The maximum Gasteiger partial charge on any atom is 0.419 e. The predicted octanol–water partition coefficient (Wildman–Crippen LogP) is 6.18. The third-order valence-electron chi connectivity index (χ3n) is 7.29. The number of alkyl halides is 3. The van der Waals surface area contributed by atoms with E-state index >= 15 is 0 Å². The Labute approximate surface area is 214 Å². The molecule has 3 atom stereocenters. The fourth-order valence-corrected chi connectivity index (χ4v) is 5.68. The Morgan fingerprint density at radius 1 is 0.944 bits per heavy atom. The fraction of sp³-hybridized carbons (Fsp3) is 0.393. The maximum atomic E-state index is 13.2. The molecule has 0 aliphatic carbocycles. The first-order chi connectivity index (χ1) is 17.4. The summed E-state index contributed by atoms with van der Waals surface area (Å²) in [5.74, 6) is 0.986. The number of piperidine rings is 1. The summed E-state index contributed by atoms with van der Waals surface area (Å²) in [5, 5.41) is 0.712. The van der Waals surface area contributed by atoms with Crippen LogP contribution in [0.1, 0.15) is 29.3 Å². The molecule has 0 saturated carbocycles. The molecule has 5 rings (SSSR count). The molecular formula is C28H29ClF3N3O. The minimum absolute atomic E-state index is 0.0599. The Morgan fingerprint density at radius 3 is 2.44 bits per heavy atom. The van der Waals surface area contributed by atoms with E-state index in [1.165, 1.54) is 17.7 Å². The van der Waals surface area contributed by atoms with Gasteiger partial charge < -0.3 is 4.74 Å². The second-order valence-electron chi connectivity index (χ2n) is 9.61. The summed E-state index contributed by atoms with van der Waals surface area (Å²) < 4.78 is 45.3. The number of aromatic nitrogens is 1. The normalized spacial score (nSPS) is 21.8. The van der Waals surface area contributed by atoms with Crippen LogP contribution in [0, 0.1) is 11.8 Å². The Hall–Kier alpha value is -2.61. The zero-order valence-corrected chi connectivity index (χ0v) is 20.6. The van der Waals surface area contributed by atoms with Crippen LogP contribution in [0.15, 0.2) is 72.9 Å². The molecule has 2 aliphatic heterocycles. The second-order valence-corrected chi connectivity index (χ2v) is 10.1. The summed E-state index contributed by atoms with van der Waals surface area (Å²) in [6.45, 7) is 4.63. The summed E-state index contributed by atoms with van der Waals surface area (Å²) in [6, 6.07) is 19.5. The summed E-state index contributed by atoms with van der Waals surface area (Å²) in [7, 11) is 0. The van der Waals surface area contributed by atoms with Gasteiger partial charge in [0.2, 0.25) is 0 Å². The zero-order chi connectivity index (χ0) is 25.1. The zero-order valence-electron chi connectivity index (χ0n) is 19.9. The van der Waals surface area contributed by atoms with Crippen molar-refractivity contribution in [2.45, 2.75) is 18.6 Å². The van der Waals surface area contributed by atoms with Gasteiger partial charge in [-0.25, -0.2) is 0 Å². The van der Waals surface area contributed by atoms with E-state index in [0.717, 1.165) is 44.4 Å². The summed E-state index contributed by atoms with van der Waals surface area (Å²) in [6.07, 6.45) is -1.52. The molecule has 4 nitrogen and oxygen atoms in total. The highest BCUT2D eigenvalue weighted by Gasteiger charge is 2.40. The SMILES string of the molecule is FC(F)(F)c1ccccc1OCCN1CCC2CN(C(c3ccc(Cl)cc3)c3ccccn3)C[C@H]2C1. The van der Waals surface area contributed by atoms with Crippen molar-refractivity contribution in [3.05, 3.63) is 94.8 Å². The molecule has 0 spiro atoms. The number of nitrogens with zero attached hydrogens (tertiary/aromatic N) is 3. The topological polar surface area (TPSA) is 28.6 Å². The predicted molar refractivity (Wildman–Crippen MR) is 134 cm³/mol. The van der Waals surface area contributed by atoms with Crippen molar-refractivity contribution >= 4 is 11.6 Å². The number of hydrogen-bond acceptors (Lipinski definition) is 4. The van der Waals surface area contributed by atoms with Crippen molar-refractivity contribution in [2.24, 2.45) is 11.8 Å². The van der Waals surface area contributed by atoms with E-state index in [0.29, 0.717) is 23.4 Å². The van der Waals surface area contributed by atoms with Gasteiger partial charge in [-0.3, -0.25) is 14.8 Å². The largest absolute Gasteiger partial charge is 0.492 e. The highest BCUT2D eigenvalue weighted by atomic mass is 35.5. The Kier molecular flexibility index (Phi) is 7.51. The molecule has 0 amide bonds. The van der Waals surface area contributed by atoms with Crippen LogP contribution in [0.4, 0.5) is 13.2 Å². The van der Waals surface area contributed by atoms with Gasteiger partial charge in [-0.15, -0.1) is 0 Å². The number of ether oxygens (including phenoxy) is 1. The maximum absolute atomic E-state index is 13.2. The first kappa shape index (κ1) is 25.1. The number of likely N-dealkylation sites (tertiary alicyclic amines) is 2. The van der Waals surface area contributed by atoms with Crippen LogP contribution in [-0.2, 0) is 6.18 Å². The van der Waals surface area contributed by atoms with Gasteiger partial charge >= 0.3 is 6.18 Å². The van der Waals surface area contributed by atoms with Crippen LogP contribution in [0.5, 0.6) is 5.75 Å². The molecule has 0 N–H and O–H groups in total. The summed E-state index contributed by atoms with van der Waals surface area (Å²) >= 11 is 6.15. The molecule has 2 fully saturated rings. The number of rotatable bonds is 7. The minimum Gasteiger partial charge on any atom is -0.492 e. The molecule has 2 aliphatic rings. The fourth-order valence-electron chi connectivity index (χ4n) is 5.56. The van der Waals surface area contributed by atoms with E-state index < -0.39 is 11.7 Å². The number of fused-ring (bicyclic) bond motifs is 1. The third kappa shape index (κ3) is 5.69. The molecule has 0 bridgehead atoms. The van der Waals surface area contributed by atoms with E-state index in [2.05, 4.69) is 33.0 Å². The second kappa shape index (κ2) is 10.8. The Bertz CT molecular complexity index is 1140. The molecule has 3 aromatic rings. The standard InChI is InChI=1S/C28H29ClF3N3O/c29-23-10-8-20(9-11-23)27(25-6-3-4-13-33-25)35-18-21-12-14-34(17-22(21)19-35)15-16-36-26-7-2-1-5-24(26)28(30,31)32/h1-11,13,21-22,27H,12,14-19H2/t21?,22-,27?/m1/s1. The van der Waals surface area contributed by atoms with Crippen LogP contribution in [-0.4, -0.2) is 54.1 Å². The highest BCUT2D eigenvalue weighted by molar-refractivity contribution is 6.30. The molecule has 1 aromatic heterocycles. The van der Waals surface area contributed by atoms with Gasteiger partial charge in [-0.2, -0.15) is 13.2 Å². The van der Waals surface area contributed by atoms with E-state index in [1.54, 1.807) is 6.07 Å². The molecule has 0 radical (unpaired) electrons. The van der Waals surface area contributed by atoms with Gasteiger partial charge in [0.15, 0.2) is 0 Å². The van der Waals surface area contributed by atoms with Crippen molar-refractivity contribution in [3.63, 3.8) is 0 Å². The Morgan fingerprint density at radius 2 is 1.69 bits per heavy atom. The number of para-hydroxylation sites is 1. The van der Waals surface area contributed by atoms with Gasteiger partial charge in [0.1, 0.15) is 12.4 Å². The van der Waals surface area contributed by atoms with Crippen molar-refractivity contribution in [1.82, 2.24) is 14.8 Å². The van der Waals surface area contributed by atoms with Gasteiger partial charge in [0.25, 0.3) is 0 Å². The van der Waals surface area contributed by atoms with Crippen LogP contribution in [0.25, 0.3) is 0 Å². The molecular weight excluding hydrogens is 487 g/mol. The van der Waals surface area contributed by atoms with Crippen LogP contribution in [0.2, 0.25) is 5.02 Å². The average Bonchev–Trinajstić information content (AvgIpc) is 3.28. The third-order valence-corrected chi connectivity index (χ3v) is 7.54. The van der Waals surface area contributed by atoms with E-state index in [4.69, 9.17) is 16.3 Å². The lowest BCUT2D eigenvalue weighted by Gasteiger charge is -2.34. The van der Waals surface area contributed by atoms with Crippen LogP contribution >= 0.6 is 11.6 Å². The summed E-state index contributed by atoms with van der Waals surface area (Å²) in [5.41, 5.74) is 1.47. The highest BCUT2D eigenvalue weighted by Crippen LogP contribution is 2.39. The lowest BCUT2D eigenvalue weighted by Crippen LogP contribution is -2.41. The molecule has 2 unspecified atom stereocenters. The van der Waals surface area contributed by atoms with E-state index in [1.807, 2.05) is 30.5 Å². The van der Waals surface area contributed by atoms with Gasteiger partial charge in [-0.05, 0) is 66.8 Å². The number of hydrogen-bond donors (Lipinski definition) is 0. The van der Waals surface area contributed by atoms with Crippen LogP contribution < -0.4 is 4.74 Å². The van der Waals surface area contributed by atoms with E-state index in [-0.39, 0.29) is 18.4 Å². The lowest BCUT2D eigenvalue weighted by atomic mass is 9.89. The molecule has 8 heteroatoms. The summed E-state index contributed by atoms with van der Waals surface area (Å²) in [4.78, 5) is 9.50. The smallest absolute Gasteiger partial charge is 0.419 e. The quantitative estimate of drug-likeness (QED) is 0.376. The molecule has 36 heavy (non-hydrogen) atoms. The number of pyridine rings is 1. The Balaban J connectivity index is 1.22. The molecule has 2 saturated heterocycles. The van der Waals surface area contributed by atoms with Crippen molar-refractivity contribution in [1.29, 1.82) is 0 Å². The van der Waals surface area contributed by atoms with Crippen molar-refractivity contribution in [2.75, 3.05) is 39.3 Å². The molecule has 2 aromatic carbocycles. The number of halogens is 4. The van der Waals surface area contributed by atoms with Crippen molar-refractivity contribution in [3.8, 4) is 5.75 Å². The minimum atomic E-state index is -4.42. The van der Waals surface area contributed by atoms with Gasteiger partial charge in [0, 0.05) is 37.4 Å². The molecule has 3 heterocycles. The van der Waals surface area contributed by atoms with Crippen LogP contribution in [0.3, 0.4) is 0 Å². The van der Waals surface area contributed by atoms with E-state index in [9.17, 15) is 13.2 Å². The van der Waals surface area contributed by atoms with Crippen molar-refractivity contribution < 1.29 is 17.9 Å². The molecule has 190 valence electrons. The number of benzene rings is 2. The van der Waals surface area contributed by atoms with Gasteiger partial charge in [0.05, 0.1) is 17.3 Å². The monoisotopic (exact) mass is 515 g/mol. The van der Waals surface area contributed by atoms with Gasteiger partial charge in [-0.1, -0.05) is 41.9 Å². The lowest BCUT2D eigenvalue weighted by molar-refractivity contribution is -0.139. The first-order valence-electron chi connectivity index (χ1n) is 12.3. The first-order valence-corrected chi connectivity index (χ1v) is 12.7. The average molecular weight is 516 g/mol.